The Hall–Kier alpha value is -2.75. The average molecular weight is 562 g/mol. The van der Waals surface area contributed by atoms with E-state index in [0.717, 1.165) is 0 Å². The molecule has 0 N–H and O–H groups in total. The van der Waals surface area contributed by atoms with Crippen LogP contribution in [0.2, 0.25) is 5.02 Å². The molecule has 1 aliphatic carbocycles. The molecule has 2 atom stereocenters. The average Bonchev–Trinajstić information content (AvgIpc) is 3.63. The molecule has 0 unspecified atom stereocenters. The lowest BCUT2D eigenvalue weighted by Gasteiger charge is -2.21. The van der Waals surface area contributed by atoms with Gasteiger partial charge in [-0.3, -0.25) is 0 Å². The summed E-state index contributed by atoms with van der Waals surface area (Å²) in [4.78, 5) is 10.9. The molecule has 0 saturated heterocycles. The number of anilines is 1. The Morgan fingerprint density at radius 2 is 1.92 bits per heavy atom. The SMILES string of the molecule is CCSc1nc(N(C)[C@H]2C[C@@H]2F)c2cc(Cl)c(-c3cc(OCOC)cc4ccc(F)c(CC)c34)c(F)c2n1. The van der Waals surface area contributed by atoms with Crippen molar-refractivity contribution in [2.24, 2.45) is 0 Å². The second-order valence-electron chi connectivity index (χ2n) is 9.14. The highest BCUT2D eigenvalue weighted by atomic mass is 35.5. The van der Waals surface area contributed by atoms with Crippen molar-refractivity contribution in [2.45, 2.75) is 44.1 Å². The number of hydrogen-bond acceptors (Lipinski definition) is 6. The van der Waals surface area contributed by atoms with Crippen molar-refractivity contribution in [1.29, 1.82) is 0 Å². The maximum absolute atomic E-state index is 16.6. The van der Waals surface area contributed by atoms with Crippen LogP contribution < -0.4 is 9.64 Å². The minimum absolute atomic E-state index is 0.0159. The smallest absolute Gasteiger partial charge is 0.190 e. The summed E-state index contributed by atoms with van der Waals surface area (Å²) in [5, 5.41) is 2.10. The molecule has 1 aliphatic rings. The zero-order chi connectivity index (χ0) is 27.1. The van der Waals surface area contributed by atoms with E-state index in [1.807, 2.05) is 13.8 Å². The minimum Gasteiger partial charge on any atom is -0.468 e. The molecule has 0 amide bonds. The van der Waals surface area contributed by atoms with Crippen molar-refractivity contribution < 1.29 is 22.6 Å². The fourth-order valence-corrected chi connectivity index (χ4v) is 5.68. The molecule has 200 valence electrons. The predicted octanol–water partition coefficient (Wildman–Crippen LogP) is 7.59. The summed E-state index contributed by atoms with van der Waals surface area (Å²) in [5.41, 5.74) is 0.985. The number of fused-ring (bicyclic) bond motifs is 2. The lowest BCUT2D eigenvalue weighted by Crippen LogP contribution is -2.23. The van der Waals surface area contributed by atoms with Crippen LogP contribution in [0.1, 0.15) is 25.8 Å². The summed E-state index contributed by atoms with van der Waals surface area (Å²) in [6.45, 7) is 3.77. The van der Waals surface area contributed by atoms with Crippen LogP contribution >= 0.6 is 23.4 Å². The van der Waals surface area contributed by atoms with Gasteiger partial charge in [-0.05, 0) is 58.3 Å². The van der Waals surface area contributed by atoms with Gasteiger partial charge in [0.15, 0.2) is 17.8 Å². The monoisotopic (exact) mass is 561 g/mol. The Morgan fingerprint density at radius 3 is 2.58 bits per heavy atom. The van der Waals surface area contributed by atoms with Gasteiger partial charge in [0.05, 0.1) is 11.1 Å². The van der Waals surface area contributed by atoms with Crippen LogP contribution in [0, 0.1) is 11.6 Å². The molecule has 3 aromatic carbocycles. The third-order valence-electron chi connectivity index (χ3n) is 6.74. The topological polar surface area (TPSA) is 47.5 Å². The van der Waals surface area contributed by atoms with Crippen molar-refractivity contribution in [3.63, 3.8) is 0 Å². The number of nitrogens with zero attached hydrogens (tertiary/aromatic N) is 3. The first kappa shape index (κ1) is 26.8. The van der Waals surface area contributed by atoms with Gasteiger partial charge in [-0.15, -0.1) is 0 Å². The quantitative estimate of drug-likeness (QED) is 0.119. The van der Waals surface area contributed by atoms with E-state index in [1.165, 1.54) is 24.9 Å². The van der Waals surface area contributed by atoms with Crippen LogP contribution in [-0.4, -0.2) is 48.9 Å². The van der Waals surface area contributed by atoms with Crippen LogP contribution in [0.3, 0.4) is 0 Å². The maximum atomic E-state index is 16.6. The zero-order valence-electron chi connectivity index (χ0n) is 21.4. The summed E-state index contributed by atoms with van der Waals surface area (Å²) in [5.74, 6) is 0.473. The van der Waals surface area contributed by atoms with Crippen LogP contribution in [-0.2, 0) is 11.2 Å². The van der Waals surface area contributed by atoms with E-state index in [4.69, 9.17) is 21.1 Å². The Balaban J connectivity index is 1.82. The molecular formula is C28H27ClF3N3O2S. The number of methoxy groups -OCH3 is 1. The van der Waals surface area contributed by atoms with Gasteiger partial charge in [-0.1, -0.05) is 43.3 Å². The molecular weight excluding hydrogens is 535 g/mol. The Morgan fingerprint density at radius 1 is 1.16 bits per heavy atom. The highest BCUT2D eigenvalue weighted by Crippen LogP contribution is 2.45. The van der Waals surface area contributed by atoms with Gasteiger partial charge in [0.25, 0.3) is 0 Å². The van der Waals surface area contributed by atoms with Gasteiger partial charge in [0.1, 0.15) is 29.1 Å². The molecule has 38 heavy (non-hydrogen) atoms. The first-order chi connectivity index (χ1) is 18.3. The van der Waals surface area contributed by atoms with Crippen molar-refractivity contribution in [2.75, 3.05) is 31.6 Å². The first-order valence-corrected chi connectivity index (χ1v) is 13.7. The van der Waals surface area contributed by atoms with E-state index in [2.05, 4.69) is 9.97 Å². The van der Waals surface area contributed by atoms with Crippen LogP contribution in [0.25, 0.3) is 32.8 Å². The predicted molar refractivity (Wildman–Crippen MR) is 147 cm³/mol. The molecule has 0 aliphatic heterocycles. The largest absolute Gasteiger partial charge is 0.468 e. The molecule has 1 heterocycles. The number of thioether (sulfide) groups is 1. The van der Waals surface area contributed by atoms with Gasteiger partial charge >= 0.3 is 0 Å². The van der Waals surface area contributed by atoms with Crippen LogP contribution in [0.5, 0.6) is 5.75 Å². The van der Waals surface area contributed by atoms with Crippen molar-refractivity contribution in [1.82, 2.24) is 9.97 Å². The number of alkyl halides is 1. The second kappa shape index (κ2) is 10.8. The van der Waals surface area contributed by atoms with Gasteiger partial charge in [0, 0.05) is 31.5 Å². The molecule has 1 saturated carbocycles. The van der Waals surface area contributed by atoms with Crippen LogP contribution in [0.15, 0.2) is 35.5 Å². The van der Waals surface area contributed by atoms with E-state index in [0.29, 0.717) is 62.6 Å². The van der Waals surface area contributed by atoms with Crippen LogP contribution in [0.4, 0.5) is 19.0 Å². The lowest BCUT2D eigenvalue weighted by molar-refractivity contribution is 0.0512. The third kappa shape index (κ3) is 4.76. The Bertz CT molecular complexity index is 1540. The number of aromatic nitrogens is 2. The normalized spacial score (nSPS) is 16.8. The van der Waals surface area contributed by atoms with E-state index in [-0.39, 0.29) is 34.8 Å². The number of hydrogen-bond donors (Lipinski definition) is 0. The number of ether oxygens (including phenoxy) is 2. The zero-order valence-corrected chi connectivity index (χ0v) is 23.0. The number of rotatable bonds is 9. The third-order valence-corrected chi connectivity index (χ3v) is 7.76. The Labute approximate surface area is 228 Å². The summed E-state index contributed by atoms with van der Waals surface area (Å²) in [6.07, 6.45) is -0.185. The van der Waals surface area contributed by atoms with Gasteiger partial charge < -0.3 is 14.4 Å². The second-order valence-corrected chi connectivity index (χ2v) is 10.8. The van der Waals surface area contributed by atoms with Gasteiger partial charge in [-0.25, -0.2) is 23.1 Å². The molecule has 1 aromatic heterocycles. The van der Waals surface area contributed by atoms with E-state index in [9.17, 15) is 8.78 Å². The fourth-order valence-electron chi connectivity index (χ4n) is 4.82. The van der Waals surface area contributed by atoms with Gasteiger partial charge in [0.2, 0.25) is 0 Å². The molecule has 5 nitrogen and oxygen atoms in total. The molecule has 1 fully saturated rings. The molecule has 0 spiro atoms. The van der Waals surface area contributed by atoms with Crippen molar-refractivity contribution >= 4 is 50.9 Å². The number of aryl methyl sites for hydroxylation is 1. The van der Waals surface area contributed by atoms with E-state index >= 15 is 4.39 Å². The highest BCUT2D eigenvalue weighted by molar-refractivity contribution is 7.99. The Kier molecular flexibility index (Phi) is 7.62. The highest BCUT2D eigenvalue weighted by Gasteiger charge is 2.42. The number of halogens is 4. The van der Waals surface area contributed by atoms with E-state index < -0.39 is 12.0 Å². The summed E-state index contributed by atoms with van der Waals surface area (Å²) in [6, 6.07) is 7.71. The van der Waals surface area contributed by atoms with Crippen molar-refractivity contribution in [3.8, 4) is 16.9 Å². The minimum atomic E-state index is -0.963. The maximum Gasteiger partial charge on any atom is 0.190 e. The fraction of sp³-hybridized carbons (Fsp3) is 0.357. The van der Waals surface area contributed by atoms with Crippen molar-refractivity contribution in [3.05, 3.63) is 52.6 Å². The molecule has 5 rings (SSSR count). The summed E-state index contributed by atoms with van der Waals surface area (Å²) < 4.78 is 56.2. The van der Waals surface area contributed by atoms with Gasteiger partial charge in [-0.2, -0.15) is 0 Å². The number of benzene rings is 3. The summed E-state index contributed by atoms with van der Waals surface area (Å²) in [7, 11) is 3.24. The molecule has 10 heteroatoms. The molecule has 0 bridgehead atoms. The lowest BCUT2D eigenvalue weighted by atomic mass is 9.92. The summed E-state index contributed by atoms with van der Waals surface area (Å²) >= 11 is 8.15. The van der Waals surface area contributed by atoms with E-state index in [1.54, 1.807) is 36.2 Å². The molecule has 4 aromatic rings. The first-order valence-electron chi connectivity index (χ1n) is 12.4. The molecule has 0 radical (unpaired) electrons. The standard InChI is InChI=1S/C28H27ClF3N3O2S/c1-5-16-20(30)8-7-14-9-15(37-13-36-4)10-17(23(14)16)24-19(29)11-18-26(25(24)32)33-28(38-6-2)34-27(18)35(3)22-12-21(22)31/h7-11,21-22H,5-6,12-13H2,1-4H3/t21-,22-/m0/s1.